The summed E-state index contributed by atoms with van der Waals surface area (Å²) >= 11 is 0. The largest absolute Gasteiger partial charge is 0.392 e. The lowest BCUT2D eigenvalue weighted by Gasteiger charge is -2.58. The molecule has 2 nitrogen and oxygen atoms in total. The molecule has 0 saturated heterocycles. The first-order valence-electron chi connectivity index (χ1n) is 8.88. The maximum atomic E-state index is 10.6. The quantitative estimate of drug-likeness (QED) is 0.752. The average Bonchev–Trinajstić information content (AvgIpc) is 2.46. The van der Waals surface area contributed by atoms with Gasteiger partial charge in [0, 0.05) is 0 Å². The zero-order valence-electron chi connectivity index (χ0n) is 15.0. The first-order valence-corrected chi connectivity index (χ1v) is 8.88. The predicted molar refractivity (Wildman–Crippen MR) is 92.6 cm³/mol. The SMILES string of the molecule is CC1=CCC[C@@H]2[C@@](C)(CC(O)/C(C)=C/CO)[C@H](C)CC[C@@]12C. The Bertz CT molecular complexity index is 464. The Kier molecular flexibility index (Phi) is 5.23. The molecule has 0 aromatic heterocycles. The van der Waals surface area contributed by atoms with Crippen LogP contribution in [0.4, 0.5) is 0 Å². The van der Waals surface area contributed by atoms with Gasteiger partial charge >= 0.3 is 0 Å². The molecule has 0 spiro atoms. The van der Waals surface area contributed by atoms with Crippen LogP contribution >= 0.6 is 0 Å². The van der Waals surface area contributed by atoms with E-state index in [0.29, 0.717) is 17.3 Å². The van der Waals surface area contributed by atoms with Crippen LogP contribution in [0.15, 0.2) is 23.3 Å². The van der Waals surface area contributed by atoms with Gasteiger partial charge in [-0.05, 0) is 74.2 Å². The van der Waals surface area contributed by atoms with Crippen molar-refractivity contribution in [2.24, 2.45) is 22.7 Å². The minimum Gasteiger partial charge on any atom is -0.392 e. The number of hydrogen-bond donors (Lipinski definition) is 2. The van der Waals surface area contributed by atoms with E-state index >= 15 is 0 Å². The second kappa shape index (κ2) is 6.49. The molecule has 0 aromatic rings. The van der Waals surface area contributed by atoms with Gasteiger partial charge in [0.1, 0.15) is 0 Å². The minimum absolute atomic E-state index is 0.0121. The molecule has 5 atom stereocenters. The van der Waals surface area contributed by atoms with Crippen molar-refractivity contribution < 1.29 is 10.2 Å². The number of aliphatic hydroxyl groups excluding tert-OH is 2. The van der Waals surface area contributed by atoms with Crippen molar-refractivity contribution in [2.75, 3.05) is 6.61 Å². The molecule has 2 aliphatic rings. The van der Waals surface area contributed by atoms with E-state index in [9.17, 15) is 5.11 Å². The van der Waals surface area contributed by atoms with Gasteiger partial charge in [-0.3, -0.25) is 0 Å². The standard InChI is InChI=1S/C20H34O2/c1-14(10-12-21)17(22)13-20(5)16(3)9-11-19(4)15(2)7-6-8-18(19)20/h7,10,16-18,21-22H,6,8-9,11-13H2,1-5H3/b14-10+/t16-,17?,18+,19+,20+/m1/s1. The molecule has 1 saturated carbocycles. The van der Waals surface area contributed by atoms with Crippen molar-refractivity contribution in [3.63, 3.8) is 0 Å². The second-order valence-corrected chi connectivity index (χ2v) is 8.23. The number of hydrogen-bond acceptors (Lipinski definition) is 2. The molecule has 126 valence electrons. The van der Waals surface area contributed by atoms with E-state index in [4.69, 9.17) is 5.11 Å². The predicted octanol–water partition coefficient (Wildman–Crippen LogP) is 4.47. The molecule has 0 aromatic carbocycles. The summed E-state index contributed by atoms with van der Waals surface area (Å²) in [6, 6.07) is 0. The van der Waals surface area contributed by atoms with E-state index in [-0.39, 0.29) is 12.0 Å². The van der Waals surface area contributed by atoms with Crippen LogP contribution in [0.5, 0.6) is 0 Å². The van der Waals surface area contributed by atoms with Crippen molar-refractivity contribution in [3.8, 4) is 0 Å². The van der Waals surface area contributed by atoms with Crippen LogP contribution in [0, 0.1) is 22.7 Å². The summed E-state index contributed by atoms with van der Waals surface area (Å²) in [6.45, 7) is 11.4. The molecule has 2 aliphatic carbocycles. The van der Waals surface area contributed by atoms with Crippen LogP contribution in [0.25, 0.3) is 0 Å². The van der Waals surface area contributed by atoms with Crippen molar-refractivity contribution in [3.05, 3.63) is 23.3 Å². The molecular weight excluding hydrogens is 272 g/mol. The first-order chi connectivity index (χ1) is 10.3. The zero-order valence-corrected chi connectivity index (χ0v) is 15.0. The van der Waals surface area contributed by atoms with Crippen LogP contribution in [0.3, 0.4) is 0 Å². The maximum absolute atomic E-state index is 10.6. The van der Waals surface area contributed by atoms with Gasteiger partial charge in [-0.25, -0.2) is 0 Å². The Morgan fingerprint density at radius 1 is 1.41 bits per heavy atom. The fourth-order valence-corrected chi connectivity index (χ4v) is 5.11. The highest BCUT2D eigenvalue weighted by Gasteiger charge is 2.53. The molecule has 2 N–H and O–H groups in total. The van der Waals surface area contributed by atoms with Crippen molar-refractivity contribution in [1.29, 1.82) is 0 Å². The highest BCUT2D eigenvalue weighted by atomic mass is 16.3. The number of aliphatic hydroxyl groups is 2. The fraction of sp³-hybridized carbons (Fsp3) is 0.800. The topological polar surface area (TPSA) is 40.5 Å². The van der Waals surface area contributed by atoms with E-state index in [1.165, 1.54) is 25.7 Å². The lowest BCUT2D eigenvalue weighted by Crippen LogP contribution is -2.51. The molecule has 0 radical (unpaired) electrons. The van der Waals surface area contributed by atoms with Crippen LogP contribution in [0.1, 0.15) is 66.7 Å². The molecule has 2 heteroatoms. The summed E-state index contributed by atoms with van der Waals surface area (Å²) in [5.41, 5.74) is 2.92. The summed E-state index contributed by atoms with van der Waals surface area (Å²) in [4.78, 5) is 0. The van der Waals surface area contributed by atoms with Crippen LogP contribution in [0.2, 0.25) is 0 Å². The number of fused-ring (bicyclic) bond motifs is 1. The Morgan fingerprint density at radius 3 is 2.73 bits per heavy atom. The van der Waals surface area contributed by atoms with Crippen LogP contribution < -0.4 is 0 Å². The smallest absolute Gasteiger partial charge is 0.0753 e. The Labute approximate surface area is 136 Å². The lowest BCUT2D eigenvalue weighted by molar-refractivity contribution is -0.0646. The van der Waals surface area contributed by atoms with Crippen LogP contribution in [-0.4, -0.2) is 22.9 Å². The fourth-order valence-electron chi connectivity index (χ4n) is 5.11. The lowest BCUT2D eigenvalue weighted by atomic mass is 9.47. The van der Waals surface area contributed by atoms with E-state index in [2.05, 4.69) is 33.8 Å². The van der Waals surface area contributed by atoms with Crippen molar-refractivity contribution in [1.82, 2.24) is 0 Å². The van der Waals surface area contributed by atoms with Gasteiger partial charge in [0.25, 0.3) is 0 Å². The molecule has 0 heterocycles. The van der Waals surface area contributed by atoms with Gasteiger partial charge in [-0.15, -0.1) is 0 Å². The van der Waals surface area contributed by atoms with Gasteiger partial charge in [0.15, 0.2) is 0 Å². The summed E-state index contributed by atoms with van der Waals surface area (Å²) < 4.78 is 0. The van der Waals surface area contributed by atoms with E-state index in [1.807, 2.05) is 6.92 Å². The zero-order chi connectivity index (χ0) is 16.5. The summed E-state index contributed by atoms with van der Waals surface area (Å²) in [7, 11) is 0. The molecule has 1 fully saturated rings. The van der Waals surface area contributed by atoms with E-state index in [1.54, 1.807) is 11.6 Å². The third-order valence-electron chi connectivity index (χ3n) is 7.17. The highest BCUT2D eigenvalue weighted by molar-refractivity contribution is 5.21. The third-order valence-corrected chi connectivity index (χ3v) is 7.17. The molecule has 2 rings (SSSR count). The van der Waals surface area contributed by atoms with Crippen molar-refractivity contribution >= 4 is 0 Å². The Hall–Kier alpha value is -0.600. The summed E-state index contributed by atoms with van der Waals surface area (Å²) in [6.07, 6.45) is 9.48. The third kappa shape index (κ3) is 2.92. The monoisotopic (exact) mass is 306 g/mol. The molecule has 0 bridgehead atoms. The molecule has 0 amide bonds. The van der Waals surface area contributed by atoms with E-state index < -0.39 is 6.10 Å². The minimum atomic E-state index is -0.437. The molecule has 1 unspecified atom stereocenters. The number of allylic oxidation sites excluding steroid dienone is 2. The normalized spacial score (nSPS) is 40.9. The molecular formula is C20H34O2. The van der Waals surface area contributed by atoms with Gasteiger partial charge in [0.05, 0.1) is 12.7 Å². The van der Waals surface area contributed by atoms with Gasteiger partial charge < -0.3 is 10.2 Å². The van der Waals surface area contributed by atoms with E-state index in [0.717, 1.165) is 12.0 Å². The molecule has 0 aliphatic heterocycles. The average molecular weight is 306 g/mol. The number of rotatable bonds is 4. The summed E-state index contributed by atoms with van der Waals surface area (Å²) in [5.74, 6) is 1.28. The van der Waals surface area contributed by atoms with Crippen molar-refractivity contribution in [2.45, 2.75) is 72.8 Å². The van der Waals surface area contributed by atoms with Gasteiger partial charge in [-0.2, -0.15) is 0 Å². The second-order valence-electron chi connectivity index (χ2n) is 8.23. The summed E-state index contributed by atoms with van der Waals surface area (Å²) in [5, 5.41) is 19.7. The Balaban J connectivity index is 2.30. The van der Waals surface area contributed by atoms with Crippen LogP contribution in [-0.2, 0) is 0 Å². The maximum Gasteiger partial charge on any atom is 0.0753 e. The first kappa shape index (κ1) is 17.7. The Morgan fingerprint density at radius 2 is 2.09 bits per heavy atom. The van der Waals surface area contributed by atoms with Gasteiger partial charge in [-0.1, -0.05) is 38.5 Å². The molecule has 22 heavy (non-hydrogen) atoms. The van der Waals surface area contributed by atoms with Gasteiger partial charge in [0.2, 0.25) is 0 Å². The highest BCUT2D eigenvalue weighted by Crippen LogP contribution is 2.61.